The zero-order valence-electron chi connectivity index (χ0n) is 19.0. The summed E-state index contributed by atoms with van der Waals surface area (Å²) in [6.45, 7) is 15.6. The zero-order chi connectivity index (χ0) is 21.1. The topological polar surface area (TPSA) is 37.3 Å². The minimum atomic E-state index is -0.214. The highest BCUT2D eigenvalue weighted by Gasteiger charge is 2.51. The minimum Gasteiger partial charge on any atom is -0.507 e. The van der Waals surface area contributed by atoms with Crippen molar-refractivity contribution in [1.82, 2.24) is 0 Å². The molecule has 2 nitrogen and oxygen atoms in total. The van der Waals surface area contributed by atoms with E-state index in [9.17, 15) is 9.90 Å². The van der Waals surface area contributed by atoms with Gasteiger partial charge in [-0.05, 0) is 74.7 Å². The van der Waals surface area contributed by atoms with E-state index in [-0.39, 0.29) is 22.5 Å². The summed E-state index contributed by atoms with van der Waals surface area (Å²) in [5.41, 5.74) is 4.30. The van der Waals surface area contributed by atoms with Crippen LogP contribution in [0.4, 0.5) is 0 Å². The molecule has 0 heterocycles. The van der Waals surface area contributed by atoms with Gasteiger partial charge in [-0.15, -0.1) is 0 Å². The molecule has 29 heavy (non-hydrogen) atoms. The second kappa shape index (κ2) is 7.00. The first-order valence-corrected chi connectivity index (χ1v) is 11.6. The quantitative estimate of drug-likeness (QED) is 0.507. The molecule has 6 atom stereocenters. The van der Waals surface area contributed by atoms with E-state index in [1.165, 1.54) is 30.4 Å². The van der Waals surface area contributed by atoms with Crippen LogP contribution in [0.25, 0.3) is 0 Å². The van der Waals surface area contributed by atoms with Crippen LogP contribution in [0.1, 0.15) is 79.6 Å². The predicted octanol–water partition coefficient (Wildman–Crippen LogP) is 7.10. The van der Waals surface area contributed by atoms with Gasteiger partial charge < -0.3 is 5.11 Å². The summed E-state index contributed by atoms with van der Waals surface area (Å²) < 4.78 is 0. The Morgan fingerprint density at radius 2 is 1.97 bits per heavy atom. The van der Waals surface area contributed by atoms with Crippen LogP contribution >= 0.6 is 0 Å². The van der Waals surface area contributed by atoms with Gasteiger partial charge in [0.15, 0.2) is 5.78 Å². The van der Waals surface area contributed by atoms with E-state index in [2.05, 4.69) is 53.3 Å². The van der Waals surface area contributed by atoms with Crippen molar-refractivity contribution in [2.45, 2.75) is 79.6 Å². The van der Waals surface area contributed by atoms with E-state index in [0.29, 0.717) is 35.5 Å². The fraction of sp³-hybridized carbons (Fsp3) is 0.667. The van der Waals surface area contributed by atoms with Crippen molar-refractivity contribution in [2.24, 2.45) is 34.5 Å². The van der Waals surface area contributed by atoms with Crippen LogP contribution < -0.4 is 0 Å². The Hall–Kier alpha value is -1.57. The molecule has 158 valence electrons. The molecule has 0 radical (unpaired) electrons. The Morgan fingerprint density at radius 1 is 1.24 bits per heavy atom. The van der Waals surface area contributed by atoms with Gasteiger partial charge in [0, 0.05) is 23.3 Å². The molecule has 0 aromatic carbocycles. The molecule has 1 N–H and O–H groups in total. The van der Waals surface area contributed by atoms with Gasteiger partial charge in [0.25, 0.3) is 0 Å². The lowest BCUT2D eigenvalue weighted by Crippen LogP contribution is -2.45. The third kappa shape index (κ3) is 3.01. The molecule has 0 saturated heterocycles. The van der Waals surface area contributed by atoms with E-state index in [1.54, 1.807) is 0 Å². The monoisotopic (exact) mass is 394 g/mol. The van der Waals surface area contributed by atoms with Crippen LogP contribution in [-0.4, -0.2) is 10.9 Å². The van der Waals surface area contributed by atoms with Crippen molar-refractivity contribution in [2.75, 3.05) is 0 Å². The fourth-order valence-electron chi connectivity index (χ4n) is 7.44. The lowest BCUT2D eigenvalue weighted by molar-refractivity contribution is -0.119. The molecule has 0 amide bonds. The van der Waals surface area contributed by atoms with Crippen LogP contribution in [0.5, 0.6) is 0 Å². The number of aliphatic hydroxyl groups is 1. The van der Waals surface area contributed by atoms with Gasteiger partial charge in [-0.1, -0.05) is 57.1 Å². The van der Waals surface area contributed by atoms with Gasteiger partial charge >= 0.3 is 0 Å². The molecule has 4 aliphatic rings. The Labute approximate surface area is 176 Å². The third-order valence-corrected chi connectivity index (χ3v) is 9.21. The number of fused-ring (bicyclic) bond motifs is 2. The largest absolute Gasteiger partial charge is 0.507 e. The van der Waals surface area contributed by atoms with Crippen molar-refractivity contribution in [3.8, 4) is 0 Å². The number of hydrogen-bond donors (Lipinski definition) is 1. The molecule has 0 spiro atoms. The van der Waals surface area contributed by atoms with Gasteiger partial charge in [-0.2, -0.15) is 0 Å². The van der Waals surface area contributed by atoms with Crippen molar-refractivity contribution < 1.29 is 9.90 Å². The highest BCUT2D eigenvalue weighted by molar-refractivity contribution is 5.99. The Balaban J connectivity index is 1.79. The van der Waals surface area contributed by atoms with Gasteiger partial charge in [0.05, 0.1) is 0 Å². The Morgan fingerprint density at radius 3 is 2.66 bits per heavy atom. The molecule has 4 rings (SSSR count). The molecule has 1 fully saturated rings. The van der Waals surface area contributed by atoms with E-state index in [1.807, 2.05) is 0 Å². The summed E-state index contributed by atoms with van der Waals surface area (Å²) in [6, 6.07) is 0. The smallest absolute Gasteiger partial charge is 0.164 e. The summed E-state index contributed by atoms with van der Waals surface area (Å²) in [5, 5.41) is 11.4. The summed E-state index contributed by atoms with van der Waals surface area (Å²) in [5.74, 6) is 1.96. The van der Waals surface area contributed by atoms with Gasteiger partial charge in [0.1, 0.15) is 5.76 Å². The number of carbonyl (C=O) groups excluding carboxylic acids is 1. The SMILES string of the molecule is C=C(C)[C@@H]1CCC[C@@H]2C(C)=C[C@@H](C3=C(O)C4=CCC[C@H](C)[C@@]4(C)CC3=O)C[C@]21C. The van der Waals surface area contributed by atoms with E-state index in [4.69, 9.17) is 0 Å². The first-order valence-electron chi connectivity index (χ1n) is 11.6. The molecule has 0 bridgehead atoms. The maximum Gasteiger partial charge on any atom is 0.164 e. The maximum atomic E-state index is 13.4. The van der Waals surface area contributed by atoms with Crippen molar-refractivity contribution >= 4 is 5.78 Å². The highest BCUT2D eigenvalue weighted by Crippen LogP contribution is 2.59. The lowest BCUT2D eigenvalue weighted by atomic mass is 9.51. The van der Waals surface area contributed by atoms with Gasteiger partial charge in [0.2, 0.25) is 0 Å². The molecule has 4 aliphatic carbocycles. The van der Waals surface area contributed by atoms with E-state index < -0.39 is 0 Å². The second-order valence-corrected chi connectivity index (χ2v) is 11.0. The second-order valence-electron chi connectivity index (χ2n) is 11.0. The summed E-state index contributed by atoms with van der Waals surface area (Å²) in [6.07, 6.45) is 11.8. The van der Waals surface area contributed by atoms with E-state index >= 15 is 0 Å². The van der Waals surface area contributed by atoms with Gasteiger partial charge in [-0.25, -0.2) is 0 Å². The number of rotatable bonds is 2. The summed E-state index contributed by atoms with van der Waals surface area (Å²) in [4.78, 5) is 13.4. The number of allylic oxidation sites excluding steroid dienone is 6. The van der Waals surface area contributed by atoms with Crippen LogP contribution in [0.3, 0.4) is 0 Å². The summed E-state index contributed by atoms with van der Waals surface area (Å²) >= 11 is 0. The first-order chi connectivity index (χ1) is 13.6. The average Bonchev–Trinajstić information content (AvgIpc) is 2.62. The van der Waals surface area contributed by atoms with Crippen molar-refractivity contribution in [3.05, 3.63) is 46.8 Å². The molecular formula is C27H38O2. The molecule has 0 aromatic heterocycles. The number of ketones is 1. The standard InChI is InChI=1S/C27H38O2/c1-16(2)20-10-8-11-21-17(3)13-19(14-27(20,21)6)24-23(28)15-26(5)18(4)9-7-12-22(26)25(24)29/h12-13,18-21,29H,1,7-11,14-15H2,2-6H3/t18-,19+,20-,21+,26+,27-/m0/s1. The number of hydrogen-bond acceptors (Lipinski definition) is 2. The van der Waals surface area contributed by atoms with Crippen molar-refractivity contribution in [1.29, 1.82) is 0 Å². The Bertz CT molecular complexity index is 841. The molecule has 2 heteroatoms. The molecule has 0 aromatic rings. The first kappa shape index (κ1) is 20.7. The van der Waals surface area contributed by atoms with Crippen LogP contribution in [0.2, 0.25) is 0 Å². The molecule has 1 saturated carbocycles. The van der Waals surface area contributed by atoms with E-state index in [0.717, 1.165) is 24.8 Å². The average molecular weight is 395 g/mol. The van der Waals surface area contributed by atoms with Crippen LogP contribution in [0, 0.1) is 34.5 Å². The minimum absolute atomic E-state index is 0.0198. The lowest BCUT2D eigenvalue weighted by Gasteiger charge is -2.53. The van der Waals surface area contributed by atoms with Crippen LogP contribution in [0.15, 0.2) is 46.8 Å². The van der Waals surface area contributed by atoms with Crippen LogP contribution in [-0.2, 0) is 4.79 Å². The molecule has 0 aliphatic heterocycles. The Kier molecular flexibility index (Phi) is 4.99. The number of aliphatic hydroxyl groups excluding tert-OH is 1. The molecular weight excluding hydrogens is 356 g/mol. The predicted molar refractivity (Wildman–Crippen MR) is 119 cm³/mol. The maximum absolute atomic E-state index is 13.4. The number of Topliss-reactive ketones (excluding diaryl/α,β-unsaturated/α-hetero) is 1. The highest BCUT2D eigenvalue weighted by atomic mass is 16.3. The summed E-state index contributed by atoms with van der Waals surface area (Å²) in [7, 11) is 0. The zero-order valence-corrected chi connectivity index (χ0v) is 19.0. The third-order valence-electron chi connectivity index (χ3n) is 9.21. The fourth-order valence-corrected chi connectivity index (χ4v) is 7.44. The van der Waals surface area contributed by atoms with Gasteiger partial charge in [-0.3, -0.25) is 4.79 Å². The molecule has 0 unspecified atom stereocenters. The van der Waals surface area contributed by atoms with Crippen molar-refractivity contribution in [3.63, 3.8) is 0 Å². The number of carbonyl (C=O) groups is 1. The normalized spacial score (nSPS) is 42.6.